The summed E-state index contributed by atoms with van der Waals surface area (Å²) in [6, 6.07) is 27.8. The lowest BCUT2D eigenvalue weighted by Crippen LogP contribution is -2.48. The van der Waals surface area contributed by atoms with E-state index in [0.29, 0.717) is 0 Å². The van der Waals surface area contributed by atoms with E-state index in [1.165, 1.54) is 0 Å². The average molecular weight is 430 g/mol. The van der Waals surface area contributed by atoms with Gasteiger partial charge in [0.1, 0.15) is 5.76 Å². The number of fused-ring (bicyclic) bond motifs is 1. The standard InChI is InChI=1S/C26H27N3OS/c1-3-31-26(29(27)21-14-8-5-9-15-21,18-25(30)20-12-6-4-7-13-20)23-19-28(2)24-17-11-10-16-22(23)24/h4-19,30H,3,27H2,1-2H3/b25-18+. The molecule has 0 amide bonds. The maximum atomic E-state index is 11.2. The van der Waals surface area contributed by atoms with E-state index in [0.717, 1.165) is 33.5 Å². The van der Waals surface area contributed by atoms with Crippen LogP contribution in [-0.4, -0.2) is 15.4 Å². The molecule has 0 radical (unpaired) electrons. The normalized spacial score (nSPS) is 13.8. The molecule has 0 aliphatic carbocycles. The van der Waals surface area contributed by atoms with Crippen LogP contribution in [-0.2, 0) is 11.9 Å². The average Bonchev–Trinajstić information content (AvgIpc) is 3.16. The first-order valence-electron chi connectivity index (χ1n) is 10.3. The monoisotopic (exact) mass is 429 g/mol. The number of para-hydroxylation sites is 2. The van der Waals surface area contributed by atoms with Gasteiger partial charge in [-0.05, 0) is 30.0 Å². The number of aliphatic hydroxyl groups is 1. The van der Waals surface area contributed by atoms with Crippen molar-refractivity contribution >= 4 is 34.1 Å². The van der Waals surface area contributed by atoms with Gasteiger partial charge in [0.2, 0.25) is 0 Å². The Bertz CT molecular complexity index is 1190. The molecular weight excluding hydrogens is 402 g/mol. The van der Waals surface area contributed by atoms with E-state index in [4.69, 9.17) is 5.84 Å². The number of rotatable bonds is 7. The Hall–Kier alpha value is -3.15. The molecule has 4 nitrogen and oxygen atoms in total. The van der Waals surface area contributed by atoms with Crippen molar-refractivity contribution in [1.29, 1.82) is 0 Å². The molecule has 5 heteroatoms. The number of benzene rings is 3. The van der Waals surface area contributed by atoms with Gasteiger partial charge in [0.05, 0.1) is 5.69 Å². The minimum Gasteiger partial charge on any atom is -0.508 e. The third-order valence-electron chi connectivity index (χ3n) is 5.44. The van der Waals surface area contributed by atoms with Crippen molar-refractivity contribution in [1.82, 2.24) is 4.57 Å². The van der Waals surface area contributed by atoms with Crippen LogP contribution in [0.1, 0.15) is 18.1 Å². The largest absolute Gasteiger partial charge is 0.508 e. The highest BCUT2D eigenvalue weighted by Crippen LogP contribution is 2.46. The Kier molecular flexibility index (Phi) is 6.07. The first-order chi connectivity index (χ1) is 15.1. The Morgan fingerprint density at radius 1 is 1.00 bits per heavy atom. The van der Waals surface area contributed by atoms with Crippen LogP contribution >= 0.6 is 11.8 Å². The molecule has 4 aromatic rings. The number of nitrogens with zero attached hydrogens (tertiary/aromatic N) is 2. The highest BCUT2D eigenvalue weighted by atomic mass is 32.2. The molecular formula is C26H27N3OS. The molecule has 1 atom stereocenters. The fourth-order valence-electron chi connectivity index (χ4n) is 3.97. The lowest BCUT2D eigenvalue weighted by molar-refractivity contribution is 0.504. The highest BCUT2D eigenvalue weighted by molar-refractivity contribution is 8.00. The number of anilines is 1. The van der Waals surface area contributed by atoms with Gasteiger partial charge in [-0.25, -0.2) is 5.84 Å². The topological polar surface area (TPSA) is 54.4 Å². The van der Waals surface area contributed by atoms with Gasteiger partial charge in [-0.3, -0.25) is 5.01 Å². The molecule has 1 heterocycles. The van der Waals surface area contributed by atoms with Crippen LogP contribution in [0.3, 0.4) is 0 Å². The molecule has 0 aliphatic heterocycles. The molecule has 0 saturated carbocycles. The zero-order valence-corrected chi connectivity index (χ0v) is 18.6. The maximum Gasteiger partial charge on any atom is 0.150 e. The first-order valence-corrected chi connectivity index (χ1v) is 11.3. The Morgan fingerprint density at radius 3 is 2.29 bits per heavy atom. The van der Waals surface area contributed by atoms with Gasteiger partial charge in [0.25, 0.3) is 0 Å². The summed E-state index contributed by atoms with van der Waals surface area (Å²) in [4.78, 5) is -0.823. The maximum absolute atomic E-state index is 11.2. The molecule has 0 bridgehead atoms. The Labute approximate surface area is 187 Å². The summed E-state index contributed by atoms with van der Waals surface area (Å²) in [5.41, 5.74) is 3.78. The van der Waals surface area contributed by atoms with Gasteiger partial charge in [-0.15, -0.1) is 11.8 Å². The molecule has 0 saturated heterocycles. The van der Waals surface area contributed by atoms with E-state index in [9.17, 15) is 5.11 Å². The van der Waals surface area contributed by atoms with Gasteiger partial charge in [-0.2, -0.15) is 0 Å². The minimum atomic E-state index is -0.823. The second-order valence-corrected chi connectivity index (χ2v) is 8.89. The summed E-state index contributed by atoms with van der Waals surface area (Å²) in [5, 5.41) is 14.0. The van der Waals surface area contributed by atoms with E-state index < -0.39 is 4.87 Å². The number of aryl methyl sites for hydroxylation is 1. The van der Waals surface area contributed by atoms with E-state index in [1.807, 2.05) is 85.9 Å². The van der Waals surface area contributed by atoms with Crippen molar-refractivity contribution in [2.45, 2.75) is 11.8 Å². The zero-order valence-electron chi connectivity index (χ0n) is 17.8. The summed E-state index contributed by atoms with van der Waals surface area (Å²) in [6.07, 6.45) is 4.00. The van der Waals surface area contributed by atoms with Crippen LogP contribution in [0.15, 0.2) is 97.2 Å². The quantitative estimate of drug-likeness (QED) is 0.162. The highest BCUT2D eigenvalue weighted by Gasteiger charge is 2.39. The lowest BCUT2D eigenvalue weighted by Gasteiger charge is -2.40. The number of hydrogen-bond donors (Lipinski definition) is 2. The van der Waals surface area contributed by atoms with Crippen LogP contribution in [0.2, 0.25) is 0 Å². The van der Waals surface area contributed by atoms with Gasteiger partial charge < -0.3 is 9.67 Å². The number of hydrazine groups is 1. The molecule has 0 spiro atoms. The number of nitrogens with two attached hydrogens (primary N) is 1. The van der Waals surface area contributed by atoms with E-state index in [1.54, 1.807) is 16.8 Å². The molecule has 3 N–H and O–H groups in total. The minimum absolute atomic E-state index is 0.195. The van der Waals surface area contributed by atoms with E-state index in [-0.39, 0.29) is 5.76 Å². The van der Waals surface area contributed by atoms with Crippen LogP contribution in [0.4, 0.5) is 5.69 Å². The van der Waals surface area contributed by atoms with Crippen molar-refractivity contribution in [2.75, 3.05) is 10.8 Å². The molecule has 1 aromatic heterocycles. The SMILES string of the molecule is CCSC(/C=C(/O)c1ccccc1)(c1cn(C)c2ccccc12)N(N)c1ccccc1. The molecule has 158 valence electrons. The zero-order chi connectivity index (χ0) is 21.8. The van der Waals surface area contributed by atoms with Crippen LogP contribution in [0.25, 0.3) is 16.7 Å². The molecule has 31 heavy (non-hydrogen) atoms. The second-order valence-electron chi connectivity index (χ2n) is 7.40. The Balaban J connectivity index is 2.00. The van der Waals surface area contributed by atoms with Gasteiger partial charge in [0.15, 0.2) is 4.87 Å². The van der Waals surface area contributed by atoms with E-state index >= 15 is 0 Å². The van der Waals surface area contributed by atoms with Crippen molar-refractivity contribution in [3.63, 3.8) is 0 Å². The van der Waals surface area contributed by atoms with Crippen molar-refractivity contribution < 1.29 is 5.11 Å². The van der Waals surface area contributed by atoms with Gasteiger partial charge in [0, 0.05) is 35.3 Å². The molecule has 3 aromatic carbocycles. The van der Waals surface area contributed by atoms with Crippen LogP contribution < -0.4 is 10.9 Å². The van der Waals surface area contributed by atoms with Gasteiger partial charge in [-0.1, -0.05) is 73.7 Å². The van der Waals surface area contributed by atoms with Crippen LogP contribution in [0, 0.1) is 0 Å². The molecule has 1 unspecified atom stereocenters. The number of hydrogen-bond acceptors (Lipinski definition) is 4. The second kappa shape index (κ2) is 8.92. The fraction of sp³-hybridized carbons (Fsp3) is 0.154. The third-order valence-corrected chi connectivity index (χ3v) is 6.70. The van der Waals surface area contributed by atoms with Crippen molar-refractivity contribution in [3.05, 3.63) is 108 Å². The number of thioether (sulfide) groups is 1. The Morgan fingerprint density at radius 2 is 1.61 bits per heavy atom. The number of aromatic nitrogens is 1. The van der Waals surface area contributed by atoms with Crippen LogP contribution in [0.5, 0.6) is 0 Å². The van der Waals surface area contributed by atoms with Gasteiger partial charge >= 0.3 is 0 Å². The summed E-state index contributed by atoms with van der Waals surface area (Å²) < 4.78 is 2.11. The summed E-state index contributed by atoms with van der Waals surface area (Å²) in [7, 11) is 2.04. The molecule has 0 fully saturated rings. The third kappa shape index (κ3) is 3.94. The number of aliphatic hydroxyl groups excluding tert-OH is 1. The van der Waals surface area contributed by atoms with E-state index in [2.05, 4.69) is 29.8 Å². The first kappa shape index (κ1) is 21.1. The lowest BCUT2D eigenvalue weighted by atomic mass is 10.0. The van der Waals surface area contributed by atoms with Crippen molar-refractivity contribution in [2.24, 2.45) is 12.9 Å². The fourth-order valence-corrected chi connectivity index (χ4v) is 5.17. The predicted molar refractivity (Wildman–Crippen MR) is 133 cm³/mol. The molecule has 0 aliphatic rings. The summed E-state index contributed by atoms with van der Waals surface area (Å²) in [5.74, 6) is 7.87. The predicted octanol–water partition coefficient (Wildman–Crippen LogP) is 6.06. The smallest absolute Gasteiger partial charge is 0.150 e. The van der Waals surface area contributed by atoms with Crippen molar-refractivity contribution in [3.8, 4) is 0 Å². The summed E-state index contributed by atoms with van der Waals surface area (Å²) in [6.45, 7) is 2.11. The summed E-state index contributed by atoms with van der Waals surface area (Å²) >= 11 is 1.68. The molecule has 4 rings (SSSR count).